The third-order valence-corrected chi connectivity index (χ3v) is 4.90. The first-order valence-electron chi connectivity index (χ1n) is 7.02. The van der Waals surface area contributed by atoms with Crippen molar-refractivity contribution in [2.24, 2.45) is 0 Å². The number of nitrogen functional groups attached to an aromatic ring is 1. The van der Waals surface area contributed by atoms with Crippen LogP contribution in [0.3, 0.4) is 0 Å². The number of rotatable bonds is 9. The predicted octanol–water partition coefficient (Wildman–Crippen LogP) is 3.56. The maximum atomic E-state index is 12.0. The van der Waals surface area contributed by atoms with Crippen LogP contribution in [0.1, 0.15) is 45.4 Å². The highest BCUT2D eigenvalue weighted by Crippen LogP contribution is 2.22. The van der Waals surface area contributed by atoms with Crippen molar-refractivity contribution in [1.82, 2.24) is 4.72 Å². The third kappa shape index (κ3) is 5.69. The normalized spacial score (nSPS) is 11.7. The number of hydrogen-bond acceptors (Lipinski definition) is 3. The van der Waals surface area contributed by atoms with Crippen LogP contribution in [0.2, 0.25) is 5.02 Å². The van der Waals surface area contributed by atoms with Gasteiger partial charge in [0.05, 0.1) is 15.6 Å². The molecule has 0 aliphatic heterocycles. The maximum Gasteiger partial charge on any atom is 0.240 e. The van der Waals surface area contributed by atoms with Crippen LogP contribution in [0.25, 0.3) is 0 Å². The molecule has 3 N–H and O–H groups in total. The van der Waals surface area contributed by atoms with E-state index in [2.05, 4.69) is 11.6 Å². The summed E-state index contributed by atoms with van der Waals surface area (Å²) in [6.45, 7) is 2.63. The summed E-state index contributed by atoms with van der Waals surface area (Å²) in [6, 6.07) is 4.34. The highest BCUT2D eigenvalue weighted by molar-refractivity contribution is 7.89. The molecule has 0 saturated heterocycles. The molecule has 0 atom stereocenters. The predicted molar refractivity (Wildman–Crippen MR) is 84.4 cm³/mol. The number of halogens is 1. The average molecular weight is 319 g/mol. The molecular formula is C14H23ClN2O2S. The second-order valence-corrected chi connectivity index (χ2v) is 7.02. The van der Waals surface area contributed by atoms with E-state index in [1.165, 1.54) is 37.5 Å². The zero-order valence-corrected chi connectivity index (χ0v) is 13.4. The SMILES string of the molecule is CCCCCCCCNS(=O)(=O)c1ccc(Cl)c(N)c1. The number of sulfonamides is 1. The van der Waals surface area contributed by atoms with Gasteiger partial charge in [-0.1, -0.05) is 50.6 Å². The van der Waals surface area contributed by atoms with E-state index in [-0.39, 0.29) is 10.6 Å². The molecular weight excluding hydrogens is 296 g/mol. The fraction of sp³-hybridized carbons (Fsp3) is 0.571. The molecule has 20 heavy (non-hydrogen) atoms. The first-order chi connectivity index (χ1) is 9.47. The molecule has 0 radical (unpaired) electrons. The van der Waals surface area contributed by atoms with Gasteiger partial charge in [-0.15, -0.1) is 0 Å². The Labute approximate surface area is 126 Å². The van der Waals surface area contributed by atoms with E-state index in [9.17, 15) is 8.42 Å². The van der Waals surface area contributed by atoms with Crippen LogP contribution in [-0.2, 0) is 10.0 Å². The van der Waals surface area contributed by atoms with Crippen LogP contribution >= 0.6 is 11.6 Å². The van der Waals surface area contributed by atoms with Crippen LogP contribution in [0.15, 0.2) is 23.1 Å². The summed E-state index contributed by atoms with van der Waals surface area (Å²) in [6.07, 6.45) is 6.73. The molecule has 6 heteroatoms. The summed E-state index contributed by atoms with van der Waals surface area (Å²) in [7, 11) is -3.49. The van der Waals surface area contributed by atoms with E-state index in [0.29, 0.717) is 11.6 Å². The topological polar surface area (TPSA) is 72.2 Å². The Morgan fingerprint density at radius 2 is 1.80 bits per heavy atom. The number of nitrogens with two attached hydrogens (primary N) is 1. The zero-order valence-electron chi connectivity index (χ0n) is 11.9. The molecule has 0 aromatic heterocycles. The first kappa shape index (κ1) is 17.3. The summed E-state index contributed by atoms with van der Waals surface area (Å²) >= 11 is 5.78. The van der Waals surface area contributed by atoms with Crippen molar-refractivity contribution in [3.05, 3.63) is 23.2 Å². The van der Waals surface area contributed by atoms with E-state index < -0.39 is 10.0 Å². The van der Waals surface area contributed by atoms with Crippen LogP contribution in [0.4, 0.5) is 5.69 Å². The number of anilines is 1. The van der Waals surface area contributed by atoms with Crippen LogP contribution in [-0.4, -0.2) is 15.0 Å². The summed E-state index contributed by atoms with van der Waals surface area (Å²) in [5.41, 5.74) is 5.89. The lowest BCUT2D eigenvalue weighted by molar-refractivity contribution is 0.567. The van der Waals surface area contributed by atoms with Crippen molar-refractivity contribution < 1.29 is 8.42 Å². The minimum atomic E-state index is -3.49. The molecule has 1 rings (SSSR count). The molecule has 0 fully saturated rings. The molecule has 0 amide bonds. The summed E-state index contributed by atoms with van der Waals surface area (Å²) in [5, 5.41) is 0.361. The van der Waals surface area contributed by atoms with Crippen molar-refractivity contribution >= 4 is 27.3 Å². The van der Waals surface area contributed by atoms with Crippen molar-refractivity contribution in [3.63, 3.8) is 0 Å². The van der Waals surface area contributed by atoms with Crippen molar-refractivity contribution in [1.29, 1.82) is 0 Å². The molecule has 0 unspecified atom stereocenters. The number of hydrogen-bond donors (Lipinski definition) is 2. The molecule has 1 aromatic rings. The van der Waals surface area contributed by atoms with E-state index >= 15 is 0 Å². The van der Waals surface area contributed by atoms with Crippen molar-refractivity contribution in [2.45, 2.75) is 50.3 Å². The molecule has 0 aliphatic rings. The molecule has 1 aromatic carbocycles. The van der Waals surface area contributed by atoms with Crippen LogP contribution in [0, 0.1) is 0 Å². The number of unbranched alkanes of at least 4 members (excludes halogenated alkanes) is 5. The van der Waals surface area contributed by atoms with Gasteiger partial charge in [0.15, 0.2) is 0 Å². The summed E-state index contributed by atoms with van der Waals surface area (Å²) in [4.78, 5) is 0.158. The quantitative estimate of drug-likeness (QED) is 0.540. The van der Waals surface area contributed by atoms with Crippen LogP contribution < -0.4 is 10.5 Å². The second kappa shape index (κ2) is 8.49. The third-order valence-electron chi connectivity index (χ3n) is 3.10. The van der Waals surface area contributed by atoms with Crippen LogP contribution in [0.5, 0.6) is 0 Å². The Morgan fingerprint density at radius 3 is 2.45 bits per heavy atom. The molecule has 0 saturated carbocycles. The maximum absolute atomic E-state index is 12.0. The lowest BCUT2D eigenvalue weighted by Crippen LogP contribution is -2.24. The lowest BCUT2D eigenvalue weighted by Gasteiger charge is -2.08. The van der Waals surface area contributed by atoms with E-state index in [0.717, 1.165) is 19.3 Å². The average Bonchev–Trinajstić information content (AvgIpc) is 2.40. The number of benzene rings is 1. The highest BCUT2D eigenvalue weighted by Gasteiger charge is 2.14. The highest BCUT2D eigenvalue weighted by atomic mass is 35.5. The van der Waals surface area contributed by atoms with Gasteiger partial charge in [-0.2, -0.15) is 0 Å². The van der Waals surface area contributed by atoms with Gasteiger partial charge in [0.2, 0.25) is 10.0 Å². The van der Waals surface area contributed by atoms with Gasteiger partial charge < -0.3 is 5.73 Å². The van der Waals surface area contributed by atoms with Gasteiger partial charge >= 0.3 is 0 Å². The van der Waals surface area contributed by atoms with Gasteiger partial charge in [0.25, 0.3) is 0 Å². The van der Waals surface area contributed by atoms with E-state index in [1.807, 2.05) is 0 Å². The Kier molecular flexibility index (Phi) is 7.34. The second-order valence-electron chi connectivity index (χ2n) is 4.85. The lowest BCUT2D eigenvalue weighted by atomic mass is 10.1. The molecule has 0 spiro atoms. The van der Waals surface area contributed by atoms with Gasteiger partial charge in [0.1, 0.15) is 0 Å². The zero-order chi connectivity index (χ0) is 15.0. The largest absolute Gasteiger partial charge is 0.397 e. The molecule has 0 heterocycles. The van der Waals surface area contributed by atoms with Crippen molar-refractivity contribution in [2.75, 3.05) is 12.3 Å². The monoisotopic (exact) mass is 318 g/mol. The summed E-state index contributed by atoms with van der Waals surface area (Å²) < 4.78 is 26.6. The Balaban J connectivity index is 2.40. The fourth-order valence-corrected chi connectivity index (χ4v) is 3.11. The molecule has 114 valence electrons. The Morgan fingerprint density at radius 1 is 1.15 bits per heavy atom. The fourth-order valence-electron chi connectivity index (χ4n) is 1.88. The minimum absolute atomic E-state index is 0.158. The Hall–Kier alpha value is -0.780. The Bertz CT molecular complexity index is 518. The first-order valence-corrected chi connectivity index (χ1v) is 8.88. The van der Waals surface area contributed by atoms with E-state index in [1.54, 1.807) is 0 Å². The molecule has 4 nitrogen and oxygen atoms in total. The smallest absolute Gasteiger partial charge is 0.240 e. The molecule has 0 aliphatic carbocycles. The van der Waals surface area contributed by atoms with Crippen molar-refractivity contribution in [3.8, 4) is 0 Å². The number of nitrogens with one attached hydrogen (secondary N) is 1. The van der Waals surface area contributed by atoms with Gasteiger partial charge in [-0.3, -0.25) is 0 Å². The van der Waals surface area contributed by atoms with E-state index in [4.69, 9.17) is 17.3 Å². The summed E-state index contributed by atoms with van der Waals surface area (Å²) in [5.74, 6) is 0. The van der Waals surface area contributed by atoms with Gasteiger partial charge in [-0.05, 0) is 24.6 Å². The standard InChI is InChI=1S/C14H23ClN2O2S/c1-2-3-4-5-6-7-10-17-20(18,19)12-8-9-13(15)14(16)11-12/h8-9,11,17H,2-7,10,16H2,1H3. The minimum Gasteiger partial charge on any atom is -0.397 e. The molecule has 0 bridgehead atoms. The van der Waals surface area contributed by atoms with Gasteiger partial charge in [-0.25, -0.2) is 13.1 Å². The van der Waals surface area contributed by atoms with Gasteiger partial charge in [0, 0.05) is 6.54 Å².